The van der Waals surface area contributed by atoms with Crippen molar-refractivity contribution in [1.82, 2.24) is 9.97 Å². The zero-order valence-corrected chi connectivity index (χ0v) is 14.6. The molecule has 6 heteroatoms. The van der Waals surface area contributed by atoms with Gasteiger partial charge in [-0.15, -0.1) is 12.4 Å². The Kier molecular flexibility index (Phi) is 6.82. The molecule has 0 atom stereocenters. The highest BCUT2D eigenvalue weighted by atomic mass is 35.5. The van der Waals surface area contributed by atoms with Crippen molar-refractivity contribution < 1.29 is 9.84 Å². The van der Waals surface area contributed by atoms with Crippen LogP contribution in [0.5, 0.6) is 11.5 Å². The number of halogens is 1. The van der Waals surface area contributed by atoms with Gasteiger partial charge in [-0.25, -0.2) is 9.97 Å². The Morgan fingerprint density at radius 1 is 1.17 bits per heavy atom. The van der Waals surface area contributed by atoms with Crippen molar-refractivity contribution >= 4 is 18.2 Å². The second-order valence-corrected chi connectivity index (χ2v) is 5.98. The van der Waals surface area contributed by atoms with E-state index in [1.165, 1.54) is 11.9 Å². The van der Waals surface area contributed by atoms with E-state index in [-0.39, 0.29) is 18.5 Å². The molecule has 0 saturated heterocycles. The van der Waals surface area contributed by atoms with E-state index in [1.54, 1.807) is 6.20 Å². The standard InChI is InChI=1S/C18H23N3O2.ClH/c1-2-13-3-9-16(10-4-13)23-17-11-19-12-20-18(17)21-14-5-7-15(22)8-6-14;/h3-4,9-12,14-15,22H,2,5-8H2,1H3,(H,19,20,21);1H. The molecule has 0 unspecified atom stereocenters. The number of aliphatic hydroxyl groups is 1. The summed E-state index contributed by atoms with van der Waals surface area (Å²) in [4.78, 5) is 8.38. The molecule has 2 N–H and O–H groups in total. The summed E-state index contributed by atoms with van der Waals surface area (Å²) in [6.07, 6.45) is 7.59. The van der Waals surface area contributed by atoms with E-state index in [0.29, 0.717) is 17.6 Å². The molecule has 2 aromatic rings. The maximum atomic E-state index is 9.61. The average Bonchev–Trinajstić information content (AvgIpc) is 2.59. The second kappa shape index (κ2) is 8.85. The lowest BCUT2D eigenvalue weighted by Crippen LogP contribution is -2.28. The van der Waals surface area contributed by atoms with E-state index in [4.69, 9.17) is 4.74 Å². The largest absolute Gasteiger partial charge is 0.452 e. The number of hydrogen-bond donors (Lipinski definition) is 2. The Bertz CT molecular complexity index is 628. The van der Waals surface area contributed by atoms with Gasteiger partial charge in [-0.2, -0.15) is 0 Å². The van der Waals surface area contributed by atoms with Gasteiger partial charge in [-0.3, -0.25) is 0 Å². The molecule has 1 aliphatic carbocycles. The molecule has 1 heterocycles. The minimum absolute atomic E-state index is 0. The van der Waals surface area contributed by atoms with E-state index >= 15 is 0 Å². The quantitative estimate of drug-likeness (QED) is 0.854. The van der Waals surface area contributed by atoms with Crippen LogP contribution in [-0.2, 0) is 6.42 Å². The lowest BCUT2D eigenvalue weighted by atomic mass is 9.93. The number of hydrogen-bond acceptors (Lipinski definition) is 5. The van der Waals surface area contributed by atoms with Gasteiger partial charge in [0.05, 0.1) is 12.3 Å². The number of aliphatic hydroxyl groups excluding tert-OH is 1. The zero-order chi connectivity index (χ0) is 16.1. The molecule has 1 fully saturated rings. The fourth-order valence-electron chi connectivity index (χ4n) is 2.83. The molecular weight excluding hydrogens is 326 g/mol. The van der Waals surface area contributed by atoms with E-state index in [9.17, 15) is 5.11 Å². The van der Waals surface area contributed by atoms with Crippen molar-refractivity contribution in [2.45, 2.75) is 51.2 Å². The predicted molar refractivity (Wildman–Crippen MR) is 97.1 cm³/mol. The van der Waals surface area contributed by atoms with Crippen LogP contribution in [-0.4, -0.2) is 27.2 Å². The van der Waals surface area contributed by atoms with Gasteiger partial charge < -0.3 is 15.2 Å². The SMILES string of the molecule is CCc1ccc(Oc2cncnc2NC2CCC(O)CC2)cc1.Cl. The molecule has 1 aromatic carbocycles. The molecule has 0 bridgehead atoms. The monoisotopic (exact) mass is 349 g/mol. The van der Waals surface area contributed by atoms with E-state index in [2.05, 4.69) is 34.3 Å². The molecule has 0 amide bonds. The summed E-state index contributed by atoms with van der Waals surface area (Å²) in [7, 11) is 0. The first-order valence-electron chi connectivity index (χ1n) is 8.26. The minimum Gasteiger partial charge on any atom is -0.452 e. The van der Waals surface area contributed by atoms with Crippen LogP contribution >= 0.6 is 12.4 Å². The van der Waals surface area contributed by atoms with Gasteiger partial charge in [-0.1, -0.05) is 19.1 Å². The summed E-state index contributed by atoms with van der Waals surface area (Å²) in [6.45, 7) is 2.13. The minimum atomic E-state index is -0.161. The zero-order valence-electron chi connectivity index (χ0n) is 13.8. The highest BCUT2D eigenvalue weighted by molar-refractivity contribution is 5.85. The first kappa shape index (κ1) is 18.5. The van der Waals surface area contributed by atoms with Crippen molar-refractivity contribution in [3.63, 3.8) is 0 Å². The third-order valence-corrected chi connectivity index (χ3v) is 4.28. The number of rotatable bonds is 5. The summed E-state index contributed by atoms with van der Waals surface area (Å²) in [5.41, 5.74) is 1.28. The smallest absolute Gasteiger partial charge is 0.187 e. The van der Waals surface area contributed by atoms with Crippen molar-refractivity contribution in [1.29, 1.82) is 0 Å². The van der Waals surface area contributed by atoms with Crippen LogP contribution in [0.4, 0.5) is 5.82 Å². The van der Waals surface area contributed by atoms with Crippen molar-refractivity contribution in [2.24, 2.45) is 0 Å². The van der Waals surface area contributed by atoms with Crippen LogP contribution in [0.2, 0.25) is 0 Å². The fraction of sp³-hybridized carbons (Fsp3) is 0.444. The molecule has 5 nitrogen and oxygen atoms in total. The van der Waals surface area contributed by atoms with Crippen LogP contribution in [0.1, 0.15) is 38.2 Å². The van der Waals surface area contributed by atoms with E-state index in [0.717, 1.165) is 37.9 Å². The Morgan fingerprint density at radius 2 is 1.88 bits per heavy atom. The molecule has 0 radical (unpaired) electrons. The molecule has 0 spiro atoms. The highest BCUT2D eigenvalue weighted by Crippen LogP contribution is 2.29. The van der Waals surface area contributed by atoms with Crippen LogP contribution in [0.25, 0.3) is 0 Å². The Morgan fingerprint density at radius 3 is 2.54 bits per heavy atom. The van der Waals surface area contributed by atoms with Crippen molar-refractivity contribution in [2.75, 3.05) is 5.32 Å². The van der Waals surface area contributed by atoms with E-state index < -0.39 is 0 Å². The molecular formula is C18H24ClN3O2. The van der Waals surface area contributed by atoms with Crippen molar-refractivity contribution in [3.8, 4) is 11.5 Å². The maximum Gasteiger partial charge on any atom is 0.187 e. The maximum absolute atomic E-state index is 9.61. The summed E-state index contributed by atoms with van der Waals surface area (Å²) < 4.78 is 5.93. The van der Waals surface area contributed by atoms with Crippen molar-refractivity contribution in [3.05, 3.63) is 42.4 Å². The number of aryl methyl sites for hydroxylation is 1. The first-order valence-corrected chi connectivity index (χ1v) is 8.26. The Balaban J connectivity index is 0.00000208. The number of aromatic nitrogens is 2. The third kappa shape index (κ3) is 4.82. The third-order valence-electron chi connectivity index (χ3n) is 4.28. The molecule has 24 heavy (non-hydrogen) atoms. The molecule has 1 saturated carbocycles. The first-order chi connectivity index (χ1) is 11.2. The molecule has 1 aromatic heterocycles. The summed E-state index contributed by atoms with van der Waals surface area (Å²) >= 11 is 0. The summed E-state index contributed by atoms with van der Waals surface area (Å²) in [5, 5.41) is 13.0. The highest BCUT2D eigenvalue weighted by Gasteiger charge is 2.20. The van der Waals surface area contributed by atoms with Gasteiger partial charge in [0.25, 0.3) is 0 Å². The number of anilines is 1. The van der Waals surface area contributed by atoms with Gasteiger partial charge in [0.15, 0.2) is 11.6 Å². The topological polar surface area (TPSA) is 67.3 Å². The average molecular weight is 350 g/mol. The number of benzene rings is 1. The van der Waals surface area contributed by atoms with Crippen LogP contribution in [0.15, 0.2) is 36.8 Å². The number of ether oxygens (including phenoxy) is 1. The fourth-order valence-corrected chi connectivity index (χ4v) is 2.83. The lowest BCUT2D eigenvalue weighted by molar-refractivity contribution is 0.126. The van der Waals surface area contributed by atoms with Crippen LogP contribution in [0.3, 0.4) is 0 Å². The van der Waals surface area contributed by atoms with E-state index in [1.807, 2.05) is 12.1 Å². The van der Waals surface area contributed by atoms with Gasteiger partial charge in [0, 0.05) is 6.04 Å². The Labute approximate surface area is 148 Å². The second-order valence-electron chi connectivity index (χ2n) is 5.98. The molecule has 1 aliphatic rings. The van der Waals surface area contributed by atoms with Gasteiger partial charge in [0.1, 0.15) is 12.1 Å². The Hall–Kier alpha value is -1.85. The summed E-state index contributed by atoms with van der Waals surface area (Å²) in [5.74, 6) is 2.11. The predicted octanol–water partition coefficient (Wildman–Crippen LogP) is 3.97. The molecule has 0 aliphatic heterocycles. The van der Waals surface area contributed by atoms with Gasteiger partial charge in [-0.05, 0) is 49.8 Å². The number of nitrogens with zero attached hydrogens (tertiary/aromatic N) is 2. The van der Waals surface area contributed by atoms with Crippen LogP contribution in [0, 0.1) is 0 Å². The van der Waals surface area contributed by atoms with Crippen LogP contribution < -0.4 is 10.1 Å². The number of nitrogens with one attached hydrogen (secondary N) is 1. The normalized spacial score (nSPS) is 20.1. The lowest BCUT2D eigenvalue weighted by Gasteiger charge is -2.27. The summed E-state index contributed by atoms with van der Waals surface area (Å²) in [6, 6.07) is 8.38. The van der Waals surface area contributed by atoms with Gasteiger partial charge >= 0.3 is 0 Å². The molecule has 130 valence electrons. The van der Waals surface area contributed by atoms with Gasteiger partial charge in [0.2, 0.25) is 0 Å². The molecule has 3 rings (SSSR count).